The molecule has 23 heavy (non-hydrogen) atoms. The minimum absolute atomic E-state index is 0.169. The Morgan fingerprint density at radius 3 is 2.35 bits per heavy atom. The van der Waals surface area contributed by atoms with E-state index in [1.165, 1.54) is 4.90 Å². The monoisotopic (exact) mass is 324 g/mol. The summed E-state index contributed by atoms with van der Waals surface area (Å²) >= 11 is 0. The number of rotatable bonds is 8. The highest BCUT2D eigenvalue weighted by atomic mass is 19.1. The third-order valence-electron chi connectivity index (χ3n) is 2.94. The van der Waals surface area contributed by atoms with Crippen LogP contribution in [-0.2, 0) is 9.53 Å². The molecule has 7 heteroatoms. The fourth-order valence-corrected chi connectivity index (χ4v) is 1.82. The van der Waals surface area contributed by atoms with Gasteiger partial charge in [-0.3, -0.25) is 4.79 Å². The molecule has 0 aliphatic rings. The van der Waals surface area contributed by atoms with Crippen LogP contribution in [0.15, 0.2) is 37.4 Å². The molecule has 0 saturated carbocycles. The lowest BCUT2D eigenvalue weighted by atomic mass is 10.1. The largest absolute Gasteiger partial charge is 0.465 e. The third kappa shape index (κ3) is 4.91. The molecular formula is C16H18F2N2O3. The third-order valence-corrected chi connectivity index (χ3v) is 2.94. The number of nitrogens with one attached hydrogen (secondary N) is 1. The van der Waals surface area contributed by atoms with Crippen molar-refractivity contribution in [2.75, 3.05) is 32.1 Å². The first kappa shape index (κ1) is 18.3. The van der Waals surface area contributed by atoms with Gasteiger partial charge in [-0.1, -0.05) is 12.2 Å². The van der Waals surface area contributed by atoms with Gasteiger partial charge in [0.05, 0.1) is 24.9 Å². The summed E-state index contributed by atoms with van der Waals surface area (Å²) in [4.78, 5) is 24.9. The van der Waals surface area contributed by atoms with Gasteiger partial charge >= 0.3 is 5.97 Å². The number of halogens is 2. The SMILES string of the molecule is C=CCN(CC=C)C(=O)CNc1cc(C(=O)OC)c(F)cc1F. The second kappa shape index (κ2) is 8.67. The van der Waals surface area contributed by atoms with E-state index in [0.717, 1.165) is 13.2 Å². The van der Waals surface area contributed by atoms with Crippen LogP contribution >= 0.6 is 0 Å². The summed E-state index contributed by atoms with van der Waals surface area (Å²) < 4.78 is 31.7. The molecule has 0 aliphatic heterocycles. The Morgan fingerprint density at radius 2 is 1.83 bits per heavy atom. The number of nitrogens with zero attached hydrogens (tertiary/aromatic N) is 1. The van der Waals surface area contributed by atoms with E-state index in [4.69, 9.17) is 0 Å². The Morgan fingerprint density at radius 1 is 1.22 bits per heavy atom. The van der Waals surface area contributed by atoms with Gasteiger partial charge in [-0.05, 0) is 6.07 Å². The molecule has 1 amide bonds. The van der Waals surface area contributed by atoms with E-state index < -0.39 is 23.2 Å². The van der Waals surface area contributed by atoms with E-state index >= 15 is 0 Å². The van der Waals surface area contributed by atoms with Gasteiger partial charge in [0.25, 0.3) is 0 Å². The van der Waals surface area contributed by atoms with Gasteiger partial charge in [-0.2, -0.15) is 0 Å². The molecule has 0 bridgehead atoms. The normalized spacial score (nSPS) is 9.87. The van der Waals surface area contributed by atoms with Crippen LogP contribution in [0.5, 0.6) is 0 Å². The average molecular weight is 324 g/mol. The van der Waals surface area contributed by atoms with E-state index in [1.807, 2.05) is 0 Å². The second-order valence-corrected chi connectivity index (χ2v) is 4.53. The summed E-state index contributed by atoms with van der Waals surface area (Å²) in [6, 6.07) is 1.53. The molecule has 1 N–H and O–H groups in total. The lowest BCUT2D eigenvalue weighted by Gasteiger charge is -2.20. The zero-order chi connectivity index (χ0) is 17.4. The highest BCUT2D eigenvalue weighted by molar-refractivity contribution is 5.91. The number of hydrogen-bond acceptors (Lipinski definition) is 4. The molecule has 1 aromatic rings. The summed E-state index contributed by atoms with van der Waals surface area (Å²) in [5.41, 5.74) is -0.588. The van der Waals surface area contributed by atoms with Crippen LogP contribution < -0.4 is 5.32 Å². The standard InChI is InChI=1S/C16H18F2N2O3/c1-4-6-20(7-5-2)15(21)10-19-14-8-11(16(22)23-3)12(17)9-13(14)18/h4-5,8-9,19H,1-2,6-7,10H2,3H3. The molecular weight excluding hydrogens is 306 g/mol. The lowest BCUT2D eigenvalue weighted by molar-refractivity contribution is -0.128. The molecule has 0 aliphatic carbocycles. The number of anilines is 1. The van der Waals surface area contributed by atoms with Gasteiger partial charge in [-0.25, -0.2) is 13.6 Å². The first-order valence-corrected chi connectivity index (χ1v) is 6.75. The van der Waals surface area contributed by atoms with Crippen LogP contribution in [0.3, 0.4) is 0 Å². The molecule has 0 fully saturated rings. The predicted molar refractivity (Wildman–Crippen MR) is 83.2 cm³/mol. The van der Waals surface area contributed by atoms with E-state index in [0.29, 0.717) is 19.2 Å². The van der Waals surface area contributed by atoms with Crippen LogP contribution in [0, 0.1) is 11.6 Å². The van der Waals surface area contributed by atoms with Crippen molar-refractivity contribution in [3.05, 3.63) is 54.6 Å². The van der Waals surface area contributed by atoms with Gasteiger partial charge in [-0.15, -0.1) is 13.2 Å². The molecule has 0 saturated heterocycles. The summed E-state index contributed by atoms with van der Waals surface area (Å²) in [6.45, 7) is 7.48. The van der Waals surface area contributed by atoms with Crippen LogP contribution in [0.25, 0.3) is 0 Å². The van der Waals surface area contributed by atoms with Crippen molar-refractivity contribution >= 4 is 17.6 Å². The zero-order valence-electron chi connectivity index (χ0n) is 12.8. The molecule has 1 rings (SSSR count). The summed E-state index contributed by atoms with van der Waals surface area (Å²) in [5, 5.41) is 2.55. The fraction of sp³-hybridized carbons (Fsp3) is 0.250. The minimum atomic E-state index is -1.04. The summed E-state index contributed by atoms with van der Waals surface area (Å²) in [5.74, 6) is -3.21. The van der Waals surface area contributed by atoms with Gasteiger partial charge in [0.15, 0.2) is 0 Å². The molecule has 0 unspecified atom stereocenters. The first-order chi connectivity index (χ1) is 10.9. The van der Waals surface area contributed by atoms with E-state index in [-0.39, 0.29) is 18.1 Å². The quantitative estimate of drug-likeness (QED) is 0.589. The minimum Gasteiger partial charge on any atom is -0.465 e. The molecule has 0 heterocycles. The Hall–Kier alpha value is -2.70. The molecule has 0 atom stereocenters. The maximum absolute atomic E-state index is 13.7. The molecule has 0 spiro atoms. The topological polar surface area (TPSA) is 58.6 Å². The van der Waals surface area contributed by atoms with Gasteiger partial charge in [0.2, 0.25) is 5.91 Å². The number of benzene rings is 1. The van der Waals surface area contributed by atoms with Crippen LogP contribution in [-0.4, -0.2) is 43.5 Å². The van der Waals surface area contributed by atoms with Crippen molar-refractivity contribution in [1.82, 2.24) is 4.90 Å². The van der Waals surface area contributed by atoms with Gasteiger partial charge in [0, 0.05) is 19.2 Å². The number of hydrogen-bond donors (Lipinski definition) is 1. The van der Waals surface area contributed by atoms with Crippen LogP contribution in [0.4, 0.5) is 14.5 Å². The molecule has 5 nitrogen and oxygen atoms in total. The Balaban J connectivity index is 2.88. The maximum Gasteiger partial charge on any atom is 0.340 e. The number of ether oxygens (including phenoxy) is 1. The zero-order valence-corrected chi connectivity index (χ0v) is 12.8. The van der Waals surface area contributed by atoms with Crippen molar-refractivity contribution in [1.29, 1.82) is 0 Å². The molecule has 0 radical (unpaired) electrons. The number of methoxy groups -OCH3 is 1. The second-order valence-electron chi connectivity index (χ2n) is 4.53. The van der Waals surface area contributed by atoms with Crippen molar-refractivity contribution in [2.24, 2.45) is 0 Å². The van der Waals surface area contributed by atoms with E-state index in [1.54, 1.807) is 12.2 Å². The smallest absolute Gasteiger partial charge is 0.340 e. The molecule has 124 valence electrons. The summed E-state index contributed by atoms with van der Waals surface area (Å²) in [6.07, 6.45) is 3.10. The fourth-order valence-electron chi connectivity index (χ4n) is 1.82. The van der Waals surface area contributed by atoms with Gasteiger partial charge < -0.3 is 15.0 Å². The van der Waals surface area contributed by atoms with Crippen molar-refractivity contribution in [3.63, 3.8) is 0 Å². The van der Waals surface area contributed by atoms with Gasteiger partial charge in [0.1, 0.15) is 11.6 Å². The van der Waals surface area contributed by atoms with Crippen LogP contribution in [0.1, 0.15) is 10.4 Å². The van der Waals surface area contributed by atoms with E-state index in [9.17, 15) is 18.4 Å². The van der Waals surface area contributed by atoms with Crippen LogP contribution in [0.2, 0.25) is 0 Å². The first-order valence-electron chi connectivity index (χ1n) is 6.75. The Labute approximate surface area is 133 Å². The average Bonchev–Trinajstić information content (AvgIpc) is 2.52. The van der Waals surface area contributed by atoms with Crippen molar-refractivity contribution < 1.29 is 23.1 Å². The number of carbonyl (C=O) groups is 2. The highest BCUT2D eigenvalue weighted by Gasteiger charge is 2.17. The number of carbonyl (C=O) groups excluding carboxylic acids is 2. The lowest BCUT2D eigenvalue weighted by Crippen LogP contribution is -2.35. The Kier molecular flexibility index (Phi) is 6.92. The molecule has 0 aromatic heterocycles. The highest BCUT2D eigenvalue weighted by Crippen LogP contribution is 2.20. The van der Waals surface area contributed by atoms with E-state index in [2.05, 4.69) is 23.2 Å². The number of esters is 1. The Bertz CT molecular complexity index is 608. The maximum atomic E-state index is 13.7. The number of amides is 1. The molecule has 1 aromatic carbocycles. The predicted octanol–water partition coefficient (Wildman–Crippen LogP) is 2.36. The van der Waals surface area contributed by atoms with Crippen molar-refractivity contribution in [2.45, 2.75) is 0 Å². The van der Waals surface area contributed by atoms with Crippen molar-refractivity contribution in [3.8, 4) is 0 Å². The summed E-state index contributed by atoms with van der Waals surface area (Å²) in [7, 11) is 1.09.